The zero-order valence-corrected chi connectivity index (χ0v) is 14.4. The van der Waals surface area contributed by atoms with Gasteiger partial charge in [0.05, 0.1) is 0 Å². The van der Waals surface area contributed by atoms with Crippen LogP contribution in [0.3, 0.4) is 0 Å². The molecule has 1 aromatic carbocycles. The molecule has 5 heteroatoms. The molecule has 130 valence electrons. The van der Waals surface area contributed by atoms with E-state index in [2.05, 4.69) is 5.32 Å². The van der Waals surface area contributed by atoms with Crippen molar-refractivity contribution in [2.24, 2.45) is 17.6 Å². The SMILES string of the molecule is Cc1c(NC(=O)[C@@H]2CCC[C@@H]2CN)cccc1C(=O)N1CCCC1. The highest BCUT2D eigenvalue weighted by Gasteiger charge is 2.32. The Morgan fingerprint density at radius 3 is 2.67 bits per heavy atom. The lowest BCUT2D eigenvalue weighted by Gasteiger charge is -2.20. The van der Waals surface area contributed by atoms with Gasteiger partial charge in [0.1, 0.15) is 0 Å². The number of nitrogens with zero attached hydrogens (tertiary/aromatic N) is 1. The zero-order valence-electron chi connectivity index (χ0n) is 14.4. The van der Waals surface area contributed by atoms with Crippen LogP contribution in [-0.2, 0) is 4.79 Å². The molecular formula is C19H27N3O2. The van der Waals surface area contributed by atoms with Gasteiger partial charge < -0.3 is 16.0 Å². The molecule has 0 radical (unpaired) electrons. The van der Waals surface area contributed by atoms with Crippen molar-refractivity contribution >= 4 is 17.5 Å². The second-order valence-electron chi connectivity index (χ2n) is 7.00. The third-order valence-electron chi connectivity index (χ3n) is 5.51. The van der Waals surface area contributed by atoms with Gasteiger partial charge in [-0.05, 0) is 62.8 Å². The monoisotopic (exact) mass is 329 g/mol. The van der Waals surface area contributed by atoms with Gasteiger partial charge in [-0.1, -0.05) is 12.5 Å². The number of hydrogen-bond acceptors (Lipinski definition) is 3. The predicted octanol–water partition coefficient (Wildman–Crippen LogP) is 2.54. The van der Waals surface area contributed by atoms with Gasteiger partial charge in [0.15, 0.2) is 0 Å². The average Bonchev–Trinajstić information content (AvgIpc) is 3.27. The van der Waals surface area contributed by atoms with Crippen molar-refractivity contribution in [1.82, 2.24) is 4.90 Å². The zero-order chi connectivity index (χ0) is 17.1. The van der Waals surface area contributed by atoms with E-state index in [4.69, 9.17) is 5.73 Å². The Balaban J connectivity index is 1.75. The minimum Gasteiger partial charge on any atom is -0.339 e. The number of benzene rings is 1. The lowest BCUT2D eigenvalue weighted by Crippen LogP contribution is -2.31. The van der Waals surface area contributed by atoms with Crippen LogP contribution in [0.2, 0.25) is 0 Å². The molecule has 1 aromatic rings. The highest BCUT2D eigenvalue weighted by Crippen LogP contribution is 2.32. The standard InChI is InChI=1S/C19H27N3O2/c1-13-15(19(24)22-10-2-3-11-22)7-5-9-17(13)21-18(23)16-8-4-6-14(16)12-20/h5,7,9,14,16H,2-4,6,8,10-12,20H2,1H3,(H,21,23)/t14-,16-/m1/s1. The van der Waals surface area contributed by atoms with Crippen LogP contribution in [0.15, 0.2) is 18.2 Å². The van der Waals surface area contributed by atoms with E-state index in [0.29, 0.717) is 12.1 Å². The molecule has 2 aliphatic rings. The van der Waals surface area contributed by atoms with Crippen LogP contribution in [-0.4, -0.2) is 36.3 Å². The van der Waals surface area contributed by atoms with Crippen molar-refractivity contribution < 1.29 is 9.59 Å². The van der Waals surface area contributed by atoms with Gasteiger partial charge in [0, 0.05) is 30.3 Å². The van der Waals surface area contributed by atoms with Crippen LogP contribution < -0.4 is 11.1 Å². The van der Waals surface area contributed by atoms with E-state index in [1.807, 2.05) is 30.0 Å². The number of rotatable bonds is 4. The van der Waals surface area contributed by atoms with Gasteiger partial charge in [-0.2, -0.15) is 0 Å². The summed E-state index contributed by atoms with van der Waals surface area (Å²) >= 11 is 0. The number of amides is 2. The molecule has 2 atom stereocenters. The van der Waals surface area contributed by atoms with Gasteiger partial charge >= 0.3 is 0 Å². The van der Waals surface area contributed by atoms with Gasteiger partial charge in [0.2, 0.25) is 5.91 Å². The molecule has 0 bridgehead atoms. The minimum absolute atomic E-state index is 0.00709. The summed E-state index contributed by atoms with van der Waals surface area (Å²) in [6, 6.07) is 5.57. The molecular weight excluding hydrogens is 302 g/mol. The summed E-state index contributed by atoms with van der Waals surface area (Å²) < 4.78 is 0. The molecule has 1 saturated heterocycles. The van der Waals surface area contributed by atoms with E-state index in [0.717, 1.165) is 56.4 Å². The number of likely N-dealkylation sites (tertiary alicyclic amines) is 1. The molecule has 3 rings (SSSR count). The Morgan fingerprint density at radius 1 is 1.21 bits per heavy atom. The number of anilines is 1. The van der Waals surface area contributed by atoms with Gasteiger partial charge in [-0.3, -0.25) is 9.59 Å². The summed E-state index contributed by atoms with van der Waals surface area (Å²) in [7, 11) is 0. The average molecular weight is 329 g/mol. The summed E-state index contributed by atoms with van der Waals surface area (Å²) in [5.41, 5.74) is 8.08. The molecule has 2 amide bonds. The summed E-state index contributed by atoms with van der Waals surface area (Å²) in [4.78, 5) is 27.2. The molecule has 24 heavy (non-hydrogen) atoms. The first-order valence-corrected chi connectivity index (χ1v) is 9.01. The van der Waals surface area contributed by atoms with Gasteiger partial charge in [-0.15, -0.1) is 0 Å². The van der Waals surface area contributed by atoms with Crippen LogP contribution in [0.1, 0.15) is 48.0 Å². The molecule has 1 aliphatic carbocycles. The number of hydrogen-bond donors (Lipinski definition) is 2. The highest BCUT2D eigenvalue weighted by molar-refractivity contribution is 6.00. The fourth-order valence-corrected chi connectivity index (χ4v) is 3.98. The predicted molar refractivity (Wildman–Crippen MR) is 94.8 cm³/mol. The molecule has 0 aromatic heterocycles. The van der Waals surface area contributed by atoms with Crippen molar-refractivity contribution in [1.29, 1.82) is 0 Å². The molecule has 0 unspecified atom stereocenters. The molecule has 5 nitrogen and oxygen atoms in total. The van der Waals surface area contributed by atoms with Crippen LogP contribution in [0.4, 0.5) is 5.69 Å². The Kier molecular flexibility index (Phi) is 5.19. The minimum atomic E-state index is -0.00709. The van der Waals surface area contributed by atoms with Crippen LogP contribution >= 0.6 is 0 Å². The normalized spacial score (nSPS) is 23.5. The highest BCUT2D eigenvalue weighted by atomic mass is 16.2. The molecule has 1 heterocycles. The fraction of sp³-hybridized carbons (Fsp3) is 0.579. The van der Waals surface area contributed by atoms with E-state index >= 15 is 0 Å². The number of carbonyl (C=O) groups excluding carboxylic acids is 2. The molecule has 0 spiro atoms. The molecule has 1 aliphatic heterocycles. The lowest BCUT2D eigenvalue weighted by atomic mass is 9.95. The van der Waals surface area contributed by atoms with E-state index in [1.165, 1.54) is 0 Å². The summed E-state index contributed by atoms with van der Waals surface area (Å²) in [5.74, 6) is 0.380. The van der Waals surface area contributed by atoms with Crippen molar-refractivity contribution in [3.8, 4) is 0 Å². The number of nitrogens with one attached hydrogen (secondary N) is 1. The van der Waals surface area contributed by atoms with E-state index < -0.39 is 0 Å². The Labute approximate surface area is 143 Å². The molecule has 2 fully saturated rings. The number of nitrogens with two attached hydrogens (primary N) is 1. The quantitative estimate of drug-likeness (QED) is 0.891. The summed E-state index contributed by atoms with van der Waals surface area (Å²) in [5, 5.41) is 3.04. The maximum Gasteiger partial charge on any atom is 0.254 e. The van der Waals surface area contributed by atoms with Crippen LogP contribution in [0.25, 0.3) is 0 Å². The maximum atomic E-state index is 12.7. The Bertz CT molecular complexity index is 623. The third kappa shape index (κ3) is 3.31. The fourth-order valence-electron chi connectivity index (χ4n) is 3.98. The first-order valence-electron chi connectivity index (χ1n) is 9.01. The molecule has 3 N–H and O–H groups in total. The van der Waals surface area contributed by atoms with Crippen molar-refractivity contribution in [3.05, 3.63) is 29.3 Å². The second-order valence-corrected chi connectivity index (χ2v) is 7.00. The van der Waals surface area contributed by atoms with Gasteiger partial charge in [-0.25, -0.2) is 0 Å². The van der Waals surface area contributed by atoms with Gasteiger partial charge in [0.25, 0.3) is 5.91 Å². The van der Waals surface area contributed by atoms with E-state index in [-0.39, 0.29) is 23.7 Å². The topological polar surface area (TPSA) is 75.4 Å². The van der Waals surface area contributed by atoms with E-state index in [1.54, 1.807) is 0 Å². The first kappa shape index (κ1) is 17.0. The van der Waals surface area contributed by atoms with E-state index in [9.17, 15) is 9.59 Å². The van der Waals surface area contributed by atoms with Crippen molar-refractivity contribution in [2.45, 2.75) is 39.0 Å². The Hall–Kier alpha value is -1.88. The summed E-state index contributed by atoms with van der Waals surface area (Å²) in [6.07, 6.45) is 5.14. The Morgan fingerprint density at radius 2 is 1.96 bits per heavy atom. The second kappa shape index (κ2) is 7.34. The lowest BCUT2D eigenvalue weighted by molar-refractivity contribution is -0.120. The van der Waals surface area contributed by atoms with Crippen molar-refractivity contribution in [2.75, 3.05) is 25.0 Å². The smallest absolute Gasteiger partial charge is 0.254 e. The largest absolute Gasteiger partial charge is 0.339 e. The molecule has 1 saturated carbocycles. The first-order chi connectivity index (χ1) is 11.6. The third-order valence-corrected chi connectivity index (χ3v) is 5.51. The maximum absolute atomic E-state index is 12.7. The number of carbonyl (C=O) groups is 2. The summed E-state index contributed by atoms with van der Waals surface area (Å²) in [6.45, 7) is 4.13. The van der Waals surface area contributed by atoms with Crippen LogP contribution in [0, 0.1) is 18.8 Å². The van der Waals surface area contributed by atoms with Crippen LogP contribution in [0.5, 0.6) is 0 Å². The van der Waals surface area contributed by atoms with Crippen molar-refractivity contribution in [3.63, 3.8) is 0 Å².